The highest BCUT2D eigenvalue weighted by Crippen LogP contribution is 2.27. The van der Waals surface area contributed by atoms with Crippen LogP contribution in [-0.4, -0.2) is 4.98 Å². The molecule has 1 aromatic heterocycles. The Labute approximate surface area is 104 Å². The molecule has 1 unspecified atom stereocenters. The molecule has 1 heterocycles. The Morgan fingerprint density at radius 3 is 2.41 bits per heavy atom. The summed E-state index contributed by atoms with van der Waals surface area (Å²) in [4.78, 5) is 4.51. The maximum atomic E-state index is 4.51. The summed E-state index contributed by atoms with van der Waals surface area (Å²) in [5.74, 6) is 0.442. The monoisotopic (exact) mass is 225 g/mol. The molecule has 0 bridgehead atoms. The first-order valence-corrected chi connectivity index (χ1v) is 6.37. The second kappa shape index (κ2) is 6.19. The van der Waals surface area contributed by atoms with Crippen molar-refractivity contribution in [3.8, 4) is 0 Å². The highest BCUT2D eigenvalue weighted by molar-refractivity contribution is 5.28. The van der Waals surface area contributed by atoms with Gasteiger partial charge in [0.25, 0.3) is 0 Å². The van der Waals surface area contributed by atoms with Gasteiger partial charge < -0.3 is 0 Å². The van der Waals surface area contributed by atoms with Crippen molar-refractivity contribution in [1.29, 1.82) is 0 Å². The van der Waals surface area contributed by atoms with Crippen LogP contribution >= 0.6 is 0 Å². The summed E-state index contributed by atoms with van der Waals surface area (Å²) >= 11 is 0. The second-order valence-electron chi connectivity index (χ2n) is 4.36. The van der Waals surface area contributed by atoms with Crippen LogP contribution in [0.15, 0.2) is 54.7 Å². The molecule has 0 amide bonds. The van der Waals surface area contributed by atoms with Crippen LogP contribution in [0.25, 0.3) is 0 Å². The van der Waals surface area contributed by atoms with E-state index in [4.69, 9.17) is 0 Å². The summed E-state index contributed by atoms with van der Waals surface area (Å²) in [6.07, 6.45) is 5.54. The summed E-state index contributed by atoms with van der Waals surface area (Å²) in [5, 5.41) is 0. The van der Waals surface area contributed by atoms with Crippen LogP contribution in [0.1, 0.15) is 43.4 Å². The minimum atomic E-state index is 0.442. The molecule has 1 heteroatoms. The first-order valence-electron chi connectivity index (χ1n) is 6.37. The van der Waals surface area contributed by atoms with E-state index in [1.165, 1.54) is 30.5 Å². The van der Waals surface area contributed by atoms with Crippen LogP contribution in [0.4, 0.5) is 0 Å². The largest absolute Gasteiger partial charge is 0.261 e. The zero-order valence-electron chi connectivity index (χ0n) is 10.3. The minimum Gasteiger partial charge on any atom is -0.261 e. The fourth-order valence-electron chi connectivity index (χ4n) is 2.16. The molecule has 0 aliphatic heterocycles. The van der Waals surface area contributed by atoms with Crippen LogP contribution in [0.3, 0.4) is 0 Å². The lowest BCUT2D eigenvalue weighted by Gasteiger charge is -2.16. The van der Waals surface area contributed by atoms with Gasteiger partial charge in [-0.25, -0.2) is 0 Å². The van der Waals surface area contributed by atoms with Crippen LogP contribution in [-0.2, 0) is 0 Å². The van der Waals surface area contributed by atoms with Crippen LogP contribution in [0, 0.1) is 0 Å². The Balaban J connectivity index is 2.26. The number of nitrogens with zero attached hydrogens (tertiary/aromatic N) is 1. The van der Waals surface area contributed by atoms with Crippen LogP contribution in [0.2, 0.25) is 0 Å². The standard InChI is InChI=1S/C16H19N/c1-2-3-11-15(14-9-5-4-6-10-14)16-12-7-8-13-17-16/h4-10,12-13,15H,2-3,11H2,1H3. The van der Waals surface area contributed by atoms with Crippen molar-refractivity contribution in [3.63, 3.8) is 0 Å². The molecule has 0 saturated heterocycles. The van der Waals surface area contributed by atoms with Crippen molar-refractivity contribution in [2.24, 2.45) is 0 Å². The molecule has 1 atom stereocenters. The molecule has 0 radical (unpaired) electrons. The van der Waals surface area contributed by atoms with E-state index < -0.39 is 0 Å². The number of aromatic nitrogens is 1. The fourth-order valence-corrected chi connectivity index (χ4v) is 2.16. The van der Waals surface area contributed by atoms with Crippen molar-refractivity contribution >= 4 is 0 Å². The Morgan fingerprint density at radius 1 is 1.00 bits per heavy atom. The van der Waals surface area contributed by atoms with Crippen molar-refractivity contribution in [2.75, 3.05) is 0 Å². The molecule has 0 saturated carbocycles. The first-order chi connectivity index (χ1) is 8.42. The molecule has 2 rings (SSSR count). The molecule has 17 heavy (non-hydrogen) atoms. The molecule has 0 fully saturated rings. The van der Waals surface area contributed by atoms with Gasteiger partial charge in [-0.15, -0.1) is 0 Å². The van der Waals surface area contributed by atoms with Gasteiger partial charge in [-0.2, -0.15) is 0 Å². The van der Waals surface area contributed by atoms with Crippen molar-refractivity contribution in [2.45, 2.75) is 32.1 Å². The smallest absolute Gasteiger partial charge is 0.0478 e. The van der Waals surface area contributed by atoms with E-state index in [1.807, 2.05) is 12.3 Å². The van der Waals surface area contributed by atoms with E-state index in [2.05, 4.69) is 54.4 Å². The molecule has 1 aromatic carbocycles. The number of pyridine rings is 1. The molecule has 0 aliphatic rings. The zero-order valence-corrected chi connectivity index (χ0v) is 10.3. The molecular weight excluding hydrogens is 206 g/mol. The van der Waals surface area contributed by atoms with E-state index in [-0.39, 0.29) is 0 Å². The average molecular weight is 225 g/mol. The van der Waals surface area contributed by atoms with Gasteiger partial charge in [0, 0.05) is 17.8 Å². The zero-order chi connectivity index (χ0) is 11.9. The minimum absolute atomic E-state index is 0.442. The predicted molar refractivity (Wildman–Crippen MR) is 72.0 cm³/mol. The third-order valence-electron chi connectivity index (χ3n) is 3.09. The van der Waals surface area contributed by atoms with E-state index in [0.717, 1.165) is 0 Å². The molecule has 2 aromatic rings. The summed E-state index contributed by atoms with van der Waals surface area (Å²) in [6.45, 7) is 2.24. The van der Waals surface area contributed by atoms with E-state index in [0.29, 0.717) is 5.92 Å². The molecule has 0 aliphatic carbocycles. The summed E-state index contributed by atoms with van der Waals surface area (Å²) in [6, 6.07) is 16.9. The fraction of sp³-hybridized carbons (Fsp3) is 0.312. The number of unbranched alkanes of at least 4 members (excludes halogenated alkanes) is 1. The lowest BCUT2D eigenvalue weighted by atomic mass is 9.90. The third kappa shape index (κ3) is 3.16. The lowest BCUT2D eigenvalue weighted by Crippen LogP contribution is -2.03. The number of rotatable bonds is 5. The molecule has 0 spiro atoms. The summed E-state index contributed by atoms with van der Waals surface area (Å²) < 4.78 is 0. The van der Waals surface area contributed by atoms with E-state index in [1.54, 1.807) is 0 Å². The molecule has 88 valence electrons. The Morgan fingerprint density at radius 2 is 1.76 bits per heavy atom. The lowest BCUT2D eigenvalue weighted by molar-refractivity contribution is 0.638. The first kappa shape index (κ1) is 11.8. The van der Waals surface area contributed by atoms with E-state index >= 15 is 0 Å². The highest BCUT2D eigenvalue weighted by atomic mass is 14.7. The van der Waals surface area contributed by atoms with Crippen LogP contribution in [0.5, 0.6) is 0 Å². The Kier molecular flexibility index (Phi) is 4.31. The maximum absolute atomic E-state index is 4.51. The quantitative estimate of drug-likeness (QED) is 0.734. The Bertz CT molecular complexity index is 382. The van der Waals surface area contributed by atoms with Crippen molar-refractivity contribution < 1.29 is 0 Å². The van der Waals surface area contributed by atoms with Gasteiger partial charge in [-0.05, 0) is 24.1 Å². The molecule has 1 nitrogen and oxygen atoms in total. The molecule has 0 N–H and O–H groups in total. The third-order valence-corrected chi connectivity index (χ3v) is 3.09. The van der Waals surface area contributed by atoms with E-state index in [9.17, 15) is 0 Å². The normalized spacial score (nSPS) is 12.3. The van der Waals surface area contributed by atoms with Crippen molar-refractivity contribution in [1.82, 2.24) is 4.98 Å². The average Bonchev–Trinajstić information content (AvgIpc) is 2.42. The summed E-state index contributed by atoms with van der Waals surface area (Å²) in [5.41, 5.74) is 2.56. The van der Waals surface area contributed by atoms with Gasteiger partial charge in [-0.3, -0.25) is 4.98 Å². The topological polar surface area (TPSA) is 12.9 Å². The second-order valence-corrected chi connectivity index (χ2v) is 4.36. The SMILES string of the molecule is CCCCC(c1ccccc1)c1ccccn1. The maximum Gasteiger partial charge on any atom is 0.0478 e. The highest BCUT2D eigenvalue weighted by Gasteiger charge is 2.13. The van der Waals surface area contributed by atoms with Gasteiger partial charge in [0.1, 0.15) is 0 Å². The van der Waals surface area contributed by atoms with Gasteiger partial charge >= 0.3 is 0 Å². The predicted octanol–water partition coefficient (Wildman–Crippen LogP) is 4.40. The van der Waals surface area contributed by atoms with Gasteiger partial charge in [0.05, 0.1) is 0 Å². The number of benzene rings is 1. The van der Waals surface area contributed by atoms with Gasteiger partial charge in [-0.1, -0.05) is 56.2 Å². The van der Waals surface area contributed by atoms with Gasteiger partial charge in [0.15, 0.2) is 0 Å². The number of hydrogen-bond donors (Lipinski definition) is 0. The summed E-state index contributed by atoms with van der Waals surface area (Å²) in [7, 11) is 0. The molecular formula is C16H19N. The number of hydrogen-bond acceptors (Lipinski definition) is 1. The van der Waals surface area contributed by atoms with Gasteiger partial charge in [0.2, 0.25) is 0 Å². The van der Waals surface area contributed by atoms with Crippen LogP contribution < -0.4 is 0 Å². The Hall–Kier alpha value is -1.63. The van der Waals surface area contributed by atoms with Crippen molar-refractivity contribution in [3.05, 3.63) is 66.0 Å².